The van der Waals surface area contributed by atoms with Gasteiger partial charge in [0.1, 0.15) is 0 Å². The van der Waals surface area contributed by atoms with Crippen molar-refractivity contribution >= 4 is 47.0 Å². The van der Waals surface area contributed by atoms with Crippen LogP contribution in [0.5, 0.6) is 0 Å². The van der Waals surface area contributed by atoms with E-state index >= 15 is 4.57 Å². The van der Waals surface area contributed by atoms with E-state index in [1.807, 2.05) is 91.0 Å². The van der Waals surface area contributed by atoms with Crippen molar-refractivity contribution in [2.75, 3.05) is 0 Å². The molecule has 1 unspecified atom stereocenters. The Balaban J connectivity index is 1.93. The highest BCUT2D eigenvalue weighted by Gasteiger charge is 2.36. The fourth-order valence-electron chi connectivity index (χ4n) is 3.65. The fraction of sp³-hybridized carbons (Fsp3) is 0.0370. The predicted octanol–water partition coefficient (Wildman–Crippen LogP) is 7.76. The summed E-state index contributed by atoms with van der Waals surface area (Å²) in [5, 5.41) is 2.74. The van der Waals surface area contributed by atoms with Crippen LogP contribution in [-0.4, -0.2) is 0 Å². The Hall–Kier alpha value is -2.57. The van der Waals surface area contributed by atoms with Crippen LogP contribution in [0.25, 0.3) is 6.08 Å². The molecule has 0 heterocycles. The van der Waals surface area contributed by atoms with Gasteiger partial charge in [0.2, 0.25) is 0 Å². The SMILES string of the molecule is O=P(c1ccc(Cl)cc1)(c1ccc(Cl)cc1)C(/C=C/c1ccccc1)c1ccccc1. The fourth-order valence-corrected chi connectivity index (χ4v) is 6.95. The van der Waals surface area contributed by atoms with E-state index in [0.717, 1.165) is 21.7 Å². The highest BCUT2D eigenvalue weighted by molar-refractivity contribution is 7.79. The quantitative estimate of drug-likeness (QED) is 0.267. The number of hydrogen-bond donors (Lipinski definition) is 0. The van der Waals surface area contributed by atoms with Crippen molar-refractivity contribution in [2.24, 2.45) is 0 Å². The van der Waals surface area contributed by atoms with Crippen molar-refractivity contribution in [1.29, 1.82) is 0 Å². The number of rotatable bonds is 6. The normalized spacial score (nSPS) is 12.7. The minimum atomic E-state index is -3.14. The highest BCUT2D eigenvalue weighted by Crippen LogP contribution is 2.58. The second-order valence-corrected chi connectivity index (χ2v) is 11.0. The maximum Gasteiger partial charge on any atom is 0.153 e. The topological polar surface area (TPSA) is 17.1 Å². The van der Waals surface area contributed by atoms with Gasteiger partial charge in [-0.25, -0.2) is 0 Å². The van der Waals surface area contributed by atoms with E-state index in [0.29, 0.717) is 10.0 Å². The Bertz CT molecular complexity index is 1150. The van der Waals surface area contributed by atoms with Crippen LogP contribution in [0, 0.1) is 0 Å². The van der Waals surface area contributed by atoms with Crippen LogP contribution in [0.4, 0.5) is 0 Å². The molecule has 0 saturated carbocycles. The van der Waals surface area contributed by atoms with Crippen LogP contribution in [-0.2, 0) is 4.57 Å². The van der Waals surface area contributed by atoms with Crippen LogP contribution in [0.2, 0.25) is 10.0 Å². The maximum absolute atomic E-state index is 15.0. The predicted molar refractivity (Wildman–Crippen MR) is 134 cm³/mol. The molecule has 0 amide bonds. The number of hydrogen-bond acceptors (Lipinski definition) is 1. The summed E-state index contributed by atoms with van der Waals surface area (Å²) >= 11 is 12.3. The Kier molecular flexibility index (Phi) is 6.78. The van der Waals surface area contributed by atoms with Crippen molar-refractivity contribution in [1.82, 2.24) is 0 Å². The molecule has 0 N–H and O–H groups in total. The largest absolute Gasteiger partial charge is 0.313 e. The lowest BCUT2D eigenvalue weighted by Gasteiger charge is -2.27. The van der Waals surface area contributed by atoms with Gasteiger partial charge < -0.3 is 4.57 Å². The van der Waals surface area contributed by atoms with Gasteiger partial charge in [-0.15, -0.1) is 0 Å². The molecule has 4 heteroatoms. The standard InChI is InChI=1S/C27H21Cl2OP/c28-23-12-16-25(17-13-23)31(30,26-18-14-24(29)15-19-26)27(22-9-5-2-6-10-22)20-11-21-7-3-1-4-8-21/h1-20,27H/b20-11+. The Morgan fingerprint density at radius 1 is 0.613 bits per heavy atom. The van der Waals surface area contributed by atoms with E-state index in [1.165, 1.54) is 0 Å². The van der Waals surface area contributed by atoms with E-state index in [2.05, 4.69) is 6.08 Å². The van der Waals surface area contributed by atoms with E-state index in [1.54, 1.807) is 24.3 Å². The van der Waals surface area contributed by atoms with Gasteiger partial charge in [-0.1, -0.05) is 96.0 Å². The van der Waals surface area contributed by atoms with Crippen LogP contribution >= 0.6 is 30.3 Å². The molecule has 0 bridgehead atoms. The Morgan fingerprint density at radius 2 is 1.06 bits per heavy atom. The molecule has 0 aliphatic carbocycles. The molecule has 4 rings (SSSR count). The van der Waals surface area contributed by atoms with Gasteiger partial charge in [0, 0.05) is 20.7 Å². The van der Waals surface area contributed by atoms with Crippen molar-refractivity contribution in [3.8, 4) is 0 Å². The molecule has 0 saturated heterocycles. The second kappa shape index (κ2) is 9.71. The van der Waals surface area contributed by atoms with Gasteiger partial charge in [0.25, 0.3) is 0 Å². The van der Waals surface area contributed by atoms with E-state index in [4.69, 9.17) is 23.2 Å². The lowest BCUT2D eigenvalue weighted by Crippen LogP contribution is -2.20. The summed E-state index contributed by atoms with van der Waals surface area (Å²) in [6.45, 7) is 0. The maximum atomic E-state index is 15.0. The zero-order valence-electron chi connectivity index (χ0n) is 16.7. The zero-order valence-corrected chi connectivity index (χ0v) is 19.1. The second-order valence-electron chi connectivity index (χ2n) is 7.24. The van der Waals surface area contributed by atoms with E-state index in [-0.39, 0.29) is 5.66 Å². The van der Waals surface area contributed by atoms with Crippen molar-refractivity contribution in [3.05, 3.63) is 136 Å². The lowest BCUT2D eigenvalue weighted by atomic mass is 10.1. The molecule has 4 aromatic rings. The molecule has 1 atom stereocenters. The minimum absolute atomic E-state index is 0.351. The first kappa shape index (κ1) is 21.7. The van der Waals surface area contributed by atoms with Crippen LogP contribution in [0.3, 0.4) is 0 Å². The third kappa shape index (κ3) is 4.86. The first-order valence-corrected chi connectivity index (χ1v) is 12.5. The molecule has 4 aromatic carbocycles. The minimum Gasteiger partial charge on any atom is -0.313 e. The van der Waals surface area contributed by atoms with Gasteiger partial charge in [-0.2, -0.15) is 0 Å². The molecule has 154 valence electrons. The molecule has 0 aromatic heterocycles. The number of halogens is 2. The molecule has 0 aliphatic rings. The molecule has 0 aliphatic heterocycles. The lowest BCUT2D eigenvalue weighted by molar-refractivity contribution is 0.583. The van der Waals surface area contributed by atoms with Crippen LogP contribution in [0.1, 0.15) is 16.8 Å². The zero-order chi connectivity index (χ0) is 21.7. The van der Waals surface area contributed by atoms with Crippen molar-refractivity contribution in [2.45, 2.75) is 5.66 Å². The summed E-state index contributed by atoms with van der Waals surface area (Å²) in [5.41, 5.74) is 1.70. The number of benzene rings is 4. The highest BCUT2D eigenvalue weighted by atomic mass is 35.5. The monoisotopic (exact) mass is 462 g/mol. The van der Waals surface area contributed by atoms with Gasteiger partial charge in [0.15, 0.2) is 7.14 Å². The summed E-state index contributed by atoms with van der Waals surface area (Å²) in [6.07, 6.45) is 4.09. The molecule has 31 heavy (non-hydrogen) atoms. The van der Waals surface area contributed by atoms with Crippen molar-refractivity contribution < 1.29 is 4.57 Å². The summed E-state index contributed by atoms with van der Waals surface area (Å²) < 4.78 is 15.0. The number of allylic oxidation sites excluding steroid dienone is 1. The van der Waals surface area contributed by atoms with Gasteiger partial charge in [-0.3, -0.25) is 0 Å². The van der Waals surface area contributed by atoms with E-state index in [9.17, 15) is 0 Å². The average Bonchev–Trinajstić information content (AvgIpc) is 2.81. The van der Waals surface area contributed by atoms with Gasteiger partial charge >= 0.3 is 0 Å². The van der Waals surface area contributed by atoms with Crippen LogP contribution < -0.4 is 10.6 Å². The Labute approximate surface area is 193 Å². The third-order valence-electron chi connectivity index (χ3n) is 5.22. The molecular formula is C27H21Cl2OP. The summed E-state index contributed by atoms with van der Waals surface area (Å²) in [4.78, 5) is 0. The van der Waals surface area contributed by atoms with Gasteiger partial charge in [0.05, 0.1) is 5.66 Å². The van der Waals surface area contributed by atoms with Crippen LogP contribution in [0.15, 0.2) is 115 Å². The third-order valence-corrected chi connectivity index (χ3v) is 9.11. The molecular weight excluding hydrogens is 442 g/mol. The first-order chi connectivity index (χ1) is 15.1. The molecule has 0 spiro atoms. The summed E-state index contributed by atoms with van der Waals surface area (Å²) in [5.74, 6) is 0. The smallest absolute Gasteiger partial charge is 0.153 e. The summed E-state index contributed by atoms with van der Waals surface area (Å²) in [6, 6.07) is 34.7. The van der Waals surface area contributed by atoms with Gasteiger partial charge in [-0.05, 0) is 59.7 Å². The Morgan fingerprint density at radius 3 is 1.55 bits per heavy atom. The first-order valence-electron chi connectivity index (χ1n) is 9.97. The van der Waals surface area contributed by atoms with Crippen molar-refractivity contribution in [3.63, 3.8) is 0 Å². The average molecular weight is 463 g/mol. The van der Waals surface area contributed by atoms with E-state index < -0.39 is 7.14 Å². The molecule has 1 nitrogen and oxygen atoms in total. The molecule has 0 radical (unpaired) electrons. The summed E-state index contributed by atoms with van der Waals surface area (Å²) in [7, 11) is -3.14. The molecule has 0 fully saturated rings.